The van der Waals surface area contributed by atoms with Crippen LogP contribution in [0.3, 0.4) is 0 Å². The van der Waals surface area contributed by atoms with E-state index in [1.54, 1.807) is 4.90 Å². The Morgan fingerprint density at radius 1 is 0.839 bits per heavy atom. The molecule has 2 heterocycles. The van der Waals surface area contributed by atoms with Crippen molar-refractivity contribution in [2.75, 3.05) is 19.6 Å². The van der Waals surface area contributed by atoms with Crippen LogP contribution >= 0.6 is 0 Å². The zero-order chi connectivity index (χ0) is 22.4. The van der Waals surface area contributed by atoms with Crippen LogP contribution in [0.5, 0.6) is 0 Å². The van der Waals surface area contributed by atoms with Gasteiger partial charge < -0.3 is 9.90 Å². The molecular formula is C27H50N2O2. The smallest absolute Gasteiger partial charge is 0.196 e. The maximum atomic E-state index is 10.2. The van der Waals surface area contributed by atoms with Gasteiger partial charge in [0.15, 0.2) is 5.84 Å². The second-order valence-electron chi connectivity index (χ2n) is 9.30. The number of carboxylic acids is 1. The lowest BCUT2D eigenvalue weighted by atomic mass is 10.1. The van der Waals surface area contributed by atoms with Crippen molar-refractivity contribution < 1.29 is 14.8 Å². The van der Waals surface area contributed by atoms with Crippen molar-refractivity contribution in [1.29, 1.82) is 0 Å². The maximum Gasteiger partial charge on any atom is 0.196 e. The average molecular weight is 435 g/mol. The van der Waals surface area contributed by atoms with Gasteiger partial charge in [0.1, 0.15) is 0 Å². The first-order valence-corrected chi connectivity index (χ1v) is 13.5. The summed E-state index contributed by atoms with van der Waals surface area (Å²) in [5, 5.41) is 10.2. The quantitative estimate of drug-likeness (QED) is 0.290. The van der Waals surface area contributed by atoms with Gasteiger partial charge in [0.2, 0.25) is 0 Å². The molecule has 2 rings (SSSR count). The molecule has 180 valence electrons. The van der Waals surface area contributed by atoms with Gasteiger partial charge in [-0.3, -0.25) is 4.90 Å². The summed E-state index contributed by atoms with van der Waals surface area (Å²) >= 11 is 0. The van der Waals surface area contributed by atoms with Crippen molar-refractivity contribution in [2.24, 2.45) is 4.99 Å². The van der Waals surface area contributed by atoms with E-state index in [0.717, 1.165) is 25.8 Å². The molecule has 1 fully saturated rings. The molecule has 4 nitrogen and oxygen atoms in total. The molecule has 0 radical (unpaired) electrons. The molecule has 2 aliphatic rings. The van der Waals surface area contributed by atoms with Crippen molar-refractivity contribution in [3.05, 3.63) is 12.2 Å². The van der Waals surface area contributed by atoms with Crippen molar-refractivity contribution in [3.63, 3.8) is 0 Å². The number of carbonyl (C=O) groups excluding carboxylic acids is 1. The molecule has 0 spiro atoms. The molecule has 0 aromatic heterocycles. The van der Waals surface area contributed by atoms with Gasteiger partial charge in [0.05, 0.1) is 13.1 Å². The number of amidine groups is 1. The molecule has 0 aromatic carbocycles. The SMILES string of the molecule is C1CCC2=NCCC[NH+]2CC1.CCCCCCCC/C=C\CCCCCCCC(=O)[O-]. The summed E-state index contributed by atoms with van der Waals surface area (Å²) < 4.78 is 0. The van der Waals surface area contributed by atoms with Gasteiger partial charge in [-0.05, 0) is 57.8 Å². The lowest BCUT2D eigenvalue weighted by molar-refractivity contribution is -0.809. The number of hydrogen-bond acceptors (Lipinski definition) is 3. The van der Waals surface area contributed by atoms with E-state index in [-0.39, 0.29) is 6.42 Å². The van der Waals surface area contributed by atoms with E-state index in [4.69, 9.17) is 0 Å². The summed E-state index contributed by atoms with van der Waals surface area (Å²) in [6.45, 7) is 6.04. The summed E-state index contributed by atoms with van der Waals surface area (Å²) in [5.41, 5.74) is 0. The largest absolute Gasteiger partial charge is 0.550 e. The van der Waals surface area contributed by atoms with Crippen LogP contribution in [0.1, 0.15) is 129 Å². The molecule has 0 amide bonds. The highest BCUT2D eigenvalue weighted by atomic mass is 16.4. The Balaban J connectivity index is 0.000000361. The summed E-state index contributed by atoms with van der Waals surface area (Å²) in [7, 11) is 0. The number of nitrogens with one attached hydrogen (secondary N) is 1. The predicted molar refractivity (Wildman–Crippen MR) is 131 cm³/mol. The first-order valence-electron chi connectivity index (χ1n) is 13.5. The Morgan fingerprint density at radius 2 is 1.45 bits per heavy atom. The van der Waals surface area contributed by atoms with Gasteiger partial charge in [0.25, 0.3) is 0 Å². The minimum Gasteiger partial charge on any atom is -0.550 e. The monoisotopic (exact) mass is 434 g/mol. The molecule has 1 unspecified atom stereocenters. The van der Waals surface area contributed by atoms with Crippen LogP contribution < -0.4 is 10.0 Å². The van der Waals surface area contributed by atoms with Crippen molar-refractivity contribution in [3.8, 4) is 0 Å². The molecule has 0 aliphatic carbocycles. The van der Waals surface area contributed by atoms with Crippen LogP contribution in [0.4, 0.5) is 0 Å². The van der Waals surface area contributed by atoms with Gasteiger partial charge in [-0.15, -0.1) is 0 Å². The highest BCUT2D eigenvalue weighted by Gasteiger charge is 2.21. The Hall–Kier alpha value is -1.16. The minimum atomic E-state index is -0.914. The van der Waals surface area contributed by atoms with Crippen molar-refractivity contribution in [1.82, 2.24) is 0 Å². The molecule has 4 heteroatoms. The summed E-state index contributed by atoms with van der Waals surface area (Å²) in [5.74, 6) is 0.566. The molecule has 1 N–H and O–H groups in total. The second-order valence-corrected chi connectivity index (χ2v) is 9.30. The lowest BCUT2D eigenvalue weighted by Crippen LogP contribution is -3.15. The molecule has 31 heavy (non-hydrogen) atoms. The van der Waals surface area contributed by atoms with Gasteiger partial charge in [-0.2, -0.15) is 0 Å². The van der Waals surface area contributed by atoms with E-state index in [9.17, 15) is 9.90 Å². The van der Waals surface area contributed by atoms with Gasteiger partial charge in [0, 0.05) is 25.4 Å². The zero-order valence-corrected chi connectivity index (χ0v) is 20.5. The van der Waals surface area contributed by atoms with Gasteiger partial charge in [-0.25, -0.2) is 4.99 Å². The maximum absolute atomic E-state index is 10.2. The molecule has 0 aromatic rings. The van der Waals surface area contributed by atoms with Crippen LogP contribution in [-0.4, -0.2) is 31.4 Å². The lowest BCUT2D eigenvalue weighted by Gasteiger charge is -2.21. The number of hydrogen-bond donors (Lipinski definition) is 1. The third-order valence-electron chi connectivity index (χ3n) is 6.38. The van der Waals surface area contributed by atoms with Crippen LogP contribution in [0.15, 0.2) is 17.1 Å². The van der Waals surface area contributed by atoms with Crippen molar-refractivity contribution >= 4 is 11.8 Å². The fourth-order valence-corrected chi connectivity index (χ4v) is 4.44. The van der Waals surface area contributed by atoms with Crippen LogP contribution in [0.25, 0.3) is 0 Å². The fraction of sp³-hybridized carbons (Fsp3) is 0.852. The number of aliphatic carboxylic acids is 1. The van der Waals surface area contributed by atoms with E-state index < -0.39 is 5.97 Å². The van der Waals surface area contributed by atoms with E-state index in [1.807, 2.05) is 0 Å². The van der Waals surface area contributed by atoms with E-state index in [0.29, 0.717) is 0 Å². The Bertz CT molecular complexity index is 488. The van der Waals surface area contributed by atoms with Crippen LogP contribution in [-0.2, 0) is 4.79 Å². The number of carboxylic acid groups (broad SMARTS) is 1. The van der Waals surface area contributed by atoms with E-state index >= 15 is 0 Å². The zero-order valence-electron chi connectivity index (χ0n) is 20.5. The highest BCUT2D eigenvalue weighted by molar-refractivity contribution is 5.73. The fourth-order valence-electron chi connectivity index (χ4n) is 4.44. The second kappa shape index (κ2) is 20.7. The third kappa shape index (κ3) is 17.1. The topological polar surface area (TPSA) is 56.9 Å². The predicted octanol–water partition coefficient (Wildman–Crippen LogP) is 5.02. The van der Waals surface area contributed by atoms with Gasteiger partial charge in [-0.1, -0.05) is 70.4 Å². The standard InChI is InChI=1S/C18H34O2.C9H16N2/c1-2-3-4-5-6-7-8-9-10-11-12-13-14-15-16-17-18(19)20;1-2-5-9-10-6-4-8-11(9)7-3-1/h9-10H,2-8,11-17H2,1H3,(H,19,20);1-8H2/b10-9-;. The number of quaternary nitrogens is 1. The normalized spacial score (nSPS) is 18.6. The van der Waals surface area contributed by atoms with Crippen molar-refractivity contribution in [2.45, 2.75) is 129 Å². The van der Waals surface area contributed by atoms with E-state index in [2.05, 4.69) is 24.1 Å². The molecular weight excluding hydrogens is 384 g/mol. The Kier molecular flexibility index (Phi) is 18.6. The highest BCUT2D eigenvalue weighted by Crippen LogP contribution is 2.09. The first-order chi connectivity index (χ1) is 15.2. The number of fused-ring (bicyclic) bond motifs is 1. The number of rotatable bonds is 15. The van der Waals surface area contributed by atoms with Crippen LogP contribution in [0, 0.1) is 0 Å². The molecule has 0 bridgehead atoms. The minimum absolute atomic E-state index is 0.220. The number of unbranched alkanes of at least 4 members (excludes halogenated alkanes) is 11. The first kappa shape index (κ1) is 27.9. The third-order valence-corrected chi connectivity index (χ3v) is 6.38. The summed E-state index contributed by atoms with van der Waals surface area (Å²) in [4.78, 5) is 16.5. The number of allylic oxidation sites excluding steroid dienone is 2. The number of nitrogens with zero attached hydrogens (tertiary/aromatic N) is 1. The van der Waals surface area contributed by atoms with Gasteiger partial charge >= 0.3 is 0 Å². The molecule has 2 aliphatic heterocycles. The van der Waals surface area contributed by atoms with E-state index in [1.165, 1.54) is 115 Å². The molecule has 1 saturated heterocycles. The average Bonchev–Trinajstić information content (AvgIpc) is 3.02. The number of carbonyl (C=O) groups is 1. The molecule has 1 atom stereocenters. The molecule has 0 saturated carbocycles. The Labute approximate surface area is 192 Å². The number of aliphatic imine (C=N–C) groups is 1. The Morgan fingerprint density at radius 3 is 2.13 bits per heavy atom. The van der Waals surface area contributed by atoms with Crippen LogP contribution in [0.2, 0.25) is 0 Å². The summed E-state index contributed by atoms with van der Waals surface area (Å²) in [6.07, 6.45) is 27.7. The summed E-state index contributed by atoms with van der Waals surface area (Å²) in [6, 6.07) is 0.